The minimum Gasteiger partial charge on any atom is -0.310 e. The molecule has 0 N–H and O–H groups in total. The van der Waals surface area contributed by atoms with E-state index in [2.05, 4.69) is 77.4 Å². The summed E-state index contributed by atoms with van der Waals surface area (Å²) in [5.41, 5.74) is 6.96. The highest BCUT2D eigenvalue weighted by Gasteiger charge is 2.15. The van der Waals surface area contributed by atoms with Crippen LogP contribution in [0.3, 0.4) is 0 Å². The van der Waals surface area contributed by atoms with E-state index < -0.39 is 6.04 Å². The van der Waals surface area contributed by atoms with Gasteiger partial charge in [-0.1, -0.05) is 115 Å². The van der Waals surface area contributed by atoms with Crippen molar-refractivity contribution in [3.8, 4) is 16.8 Å². The van der Waals surface area contributed by atoms with Gasteiger partial charge in [-0.25, -0.2) is 0 Å². The number of hydrogen-bond acceptors (Lipinski definition) is 1. The van der Waals surface area contributed by atoms with Crippen LogP contribution in [-0.4, -0.2) is 4.57 Å². The van der Waals surface area contributed by atoms with Crippen LogP contribution in [0.1, 0.15) is 6.85 Å². The minimum absolute atomic E-state index is 0.107. The molecule has 0 bridgehead atoms. The van der Waals surface area contributed by atoms with Crippen molar-refractivity contribution in [1.29, 1.82) is 0 Å². The van der Waals surface area contributed by atoms with Crippen molar-refractivity contribution in [2.24, 2.45) is 0 Å². The smallest absolute Gasteiger partial charge is 0.0645 e. The van der Waals surface area contributed by atoms with E-state index >= 15 is 0 Å². The molecule has 0 saturated heterocycles. The second-order valence-electron chi connectivity index (χ2n) is 10.3. The Hall–Kier alpha value is -5.60. The third kappa shape index (κ3) is 4.05. The first kappa shape index (κ1) is 19.5. The summed E-state index contributed by atoms with van der Waals surface area (Å²) in [6.07, 6.45) is 0. The van der Waals surface area contributed by atoms with Gasteiger partial charge >= 0.3 is 0 Å². The van der Waals surface area contributed by atoms with Gasteiger partial charge < -0.3 is 9.47 Å². The predicted molar refractivity (Wildman–Crippen MR) is 178 cm³/mol. The molecule has 0 aliphatic heterocycles. The van der Waals surface area contributed by atoms with Crippen LogP contribution in [0.4, 0.5) is 17.1 Å². The fourth-order valence-electron chi connectivity index (χ4n) is 5.95. The van der Waals surface area contributed by atoms with E-state index in [1.54, 1.807) is 4.90 Å². The van der Waals surface area contributed by atoms with Crippen molar-refractivity contribution in [3.05, 3.63) is 170 Å². The fourth-order valence-corrected chi connectivity index (χ4v) is 5.95. The first-order valence-corrected chi connectivity index (χ1v) is 14.0. The molecule has 0 amide bonds. The zero-order valence-corrected chi connectivity index (χ0v) is 22.7. The molecule has 2 heteroatoms. The Kier molecular flexibility index (Phi) is 4.68. The van der Waals surface area contributed by atoms with Crippen molar-refractivity contribution in [3.63, 3.8) is 0 Å². The first-order chi connectivity index (χ1) is 22.9. The molecule has 8 rings (SSSR count). The van der Waals surface area contributed by atoms with Gasteiger partial charge in [0.25, 0.3) is 0 Å². The lowest BCUT2D eigenvalue weighted by Gasteiger charge is -2.27. The molecule has 0 aliphatic rings. The standard InChI is InChI=1S/C40H28N2/c1-2-13-32(14-3-1)41(38-20-10-12-31-11-4-5-15-35(31)38)33-25-21-29(22-26-33)30-23-27-34(28-24-30)42-39-18-8-6-16-36(39)37-17-7-9-19-40(37)42/h1-28H/i1D,2D,3D,13D,14D. The van der Waals surface area contributed by atoms with Gasteiger partial charge in [0.15, 0.2) is 0 Å². The van der Waals surface area contributed by atoms with Gasteiger partial charge in [0.1, 0.15) is 0 Å². The molecule has 0 spiro atoms. The van der Waals surface area contributed by atoms with E-state index in [1.807, 2.05) is 66.7 Å². The molecule has 198 valence electrons. The Morgan fingerprint density at radius 1 is 0.452 bits per heavy atom. The van der Waals surface area contributed by atoms with Gasteiger partial charge in [-0.05, 0) is 71.1 Å². The SMILES string of the molecule is [2H]c1c([2H])c([2H])c(N(c2ccc(-c3ccc(-n4c5ccccc5c5ccccc54)cc3)cc2)c2cccc3ccccc23)c([2H])c1[2H]. The van der Waals surface area contributed by atoms with Crippen molar-refractivity contribution in [2.75, 3.05) is 4.90 Å². The highest BCUT2D eigenvalue weighted by molar-refractivity contribution is 6.09. The molecule has 0 fully saturated rings. The first-order valence-electron chi connectivity index (χ1n) is 16.5. The van der Waals surface area contributed by atoms with Crippen LogP contribution in [0.15, 0.2) is 170 Å². The fraction of sp³-hybridized carbons (Fsp3) is 0. The lowest BCUT2D eigenvalue weighted by atomic mass is 10.0. The number of para-hydroxylation sites is 3. The summed E-state index contributed by atoms with van der Waals surface area (Å²) < 4.78 is 44.9. The summed E-state index contributed by atoms with van der Waals surface area (Å²) in [5.74, 6) is 0. The number of nitrogens with zero attached hydrogens (tertiary/aromatic N) is 2. The second-order valence-corrected chi connectivity index (χ2v) is 10.3. The van der Waals surface area contributed by atoms with Gasteiger partial charge in [-0.3, -0.25) is 0 Å². The maximum Gasteiger partial charge on any atom is 0.0645 e. The Bertz CT molecular complexity index is 2380. The summed E-state index contributed by atoms with van der Waals surface area (Å²) in [7, 11) is 0. The quantitative estimate of drug-likeness (QED) is 0.210. The predicted octanol–water partition coefficient (Wildman–Crippen LogP) is 11.1. The molecule has 2 nitrogen and oxygen atoms in total. The summed E-state index contributed by atoms with van der Waals surface area (Å²) in [6.45, 7) is 0. The van der Waals surface area contributed by atoms with E-state index in [0.29, 0.717) is 5.69 Å². The number of rotatable bonds is 5. The lowest BCUT2D eigenvalue weighted by molar-refractivity contribution is 1.18. The largest absolute Gasteiger partial charge is 0.310 e. The number of hydrogen-bond donors (Lipinski definition) is 0. The zero-order valence-electron chi connectivity index (χ0n) is 27.7. The van der Waals surface area contributed by atoms with E-state index in [9.17, 15) is 0 Å². The van der Waals surface area contributed by atoms with Crippen LogP contribution in [0.25, 0.3) is 49.4 Å². The number of benzene rings is 7. The molecule has 7 aromatic carbocycles. The number of fused-ring (bicyclic) bond motifs is 4. The lowest BCUT2D eigenvalue weighted by Crippen LogP contribution is -2.10. The molecule has 0 unspecified atom stereocenters. The molecule has 1 aromatic heterocycles. The van der Waals surface area contributed by atoms with Crippen LogP contribution in [0.5, 0.6) is 0 Å². The average molecular weight is 542 g/mol. The van der Waals surface area contributed by atoms with E-state index in [4.69, 9.17) is 6.85 Å². The minimum atomic E-state index is -0.415. The third-order valence-corrected chi connectivity index (χ3v) is 7.88. The highest BCUT2D eigenvalue weighted by Crippen LogP contribution is 2.39. The van der Waals surface area contributed by atoms with Gasteiger partial charge in [-0.15, -0.1) is 0 Å². The van der Waals surface area contributed by atoms with Crippen molar-refractivity contribution in [2.45, 2.75) is 0 Å². The van der Waals surface area contributed by atoms with Gasteiger partial charge in [0.2, 0.25) is 0 Å². The Morgan fingerprint density at radius 2 is 1.00 bits per heavy atom. The topological polar surface area (TPSA) is 8.17 Å². The van der Waals surface area contributed by atoms with E-state index in [-0.39, 0.29) is 29.9 Å². The highest BCUT2D eigenvalue weighted by atomic mass is 15.1. The number of aromatic nitrogens is 1. The Labute approximate surface area is 252 Å². The third-order valence-electron chi connectivity index (χ3n) is 7.88. The van der Waals surface area contributed by atoms with Crippen molar-refractivity contribution in [1.82, 2.24) is 4.57 Å². The summed E-state index contributed by atoms with van der Waals surface area (Å²) in [5, 5.41) is 4.34. The molecule has 0 radical (unpaired) electrons. The van der Waals surface area contributed by atoms with Crippen LogP contribution < -0.4 is 4.90 Å². The van der Waals surface area contributed by atoms with Crippen LogP contribution >= 0.6 is 0 Å². The zero-order chi connectivity index (χ0) is 32.2. The van der Waals surface area contributed by atoms with E-state index in [1.165, 1.54) is 10.8 Å². The van der Waals surface area contributed by atoms with Gasteiger partial charge in [0.05, 0.1) is 23.6 Å². The summed E-state index contributed by atoms with van der Waals surface area (Å²) in [4.78, 5) is 1.78. The Balaban J connectivity index is 1.23. The van der Waals surface area contributed by atoms with Crippen LogP contribution in [-0.2, 0) is 0 Å². The van der Waals surface area contributed by atoms with Gasteiger partial charge in [-0.2, -0.15) is 0 Å². The van der Waals surface area contributed by atoms with Gasteiger partial charge in [0, 0.05) is 33.2 Å². The summed E-state index contributed by atoms with van der Waals surface area (Å²) in [6, 6.07) is 45.4. The second kappa shape index (κ2) is 10.1. The molecule has 0 aliphatic carbocycles. The molecule has 0 saturated carbocycles. The molecule has 0 atom stereocenters. The maximum absolute atomic E-state index is 8.81. The molecule has 42 heavy (non-hydrogen) atoms. The van der Waals surface area contributed by atoms with Crippen LogP contribution in [0.2, 0.25) is 0 Å². The normalized spacial score (nSPS) is 13.0. The van der Waals surface area contributed by atoms with Crippen LogP contribution in [0, 0.1) is 0 Å². The van der Waals surface area contributed by atoms with E-state index in [0.717, 1.165) is 44.3 Å². The maximum atomic E-state index is 8.81. The molecular weight excluding hydrogens is 508 g/mol. The monoisotopic (exact) mass is 541 g/mol. The molecule has 8 aromatic rings. The molecule has 1 heterocycles. The summed E-state index contributed by atoms with van der Waals surface area (Å²) >= 11 is 0. The average Bonchev–Trinajstić information content (AvgIpc) is 3.46. The van der Waals surface area contributed by atoms with Crippen molar-refractivity contribution >= 4 is 49.6 Å². The van der Waals surface area contributed by atoms with Crippen molar-refractivity contribution < 1.29 is 6.85 Å². The number of anilines is 3. The Morgan fingerprint density at radius 3 is 1.67 bits per heavy atom. The molecular formula is C40H28N2.